The molecule has 0 fully saturated rings. The van der Waals surface area contributed by atoms with Crippen LogP contribution in [-0.2, 0) is 6.18 Å². The monoisotopic (exact) mass is 270 g/mol. The topological polar surface area (TPSA) is 20.2 Å². The van der Waals surface area contributed by atoms with E-state index in [1.807, 2.05) is 0 Å². The zero-order chi connectivity index (χ0) is 14.0. The zero-order valence-electron chi connectivity index (χ0n) is 9.66. The molecule has 0 amide bonds. The van der Waals surface area contributed by atoms with Crippen LogP contribution in [0.2, 0.25) is 0 Å². The Bertz CT molecular complexity index is 563. The van der Waals surface area contributed by atoms with Crippen molar-refractivity contribution in [1.29, 1.82) is 0 Å². The summed E-state index contributed by atoms with van der Waals surface area (Å²) in [5, 5.41) is 9.98. The van der Waals surface area contributed by atoms with E-state index in [0.717, 1.165) is 6.07 Å². The Hall–Kier alpha value is -1.88. The summed E-state index contributed by atoms with van der Waals surface area (Å²) in [6.07, 6.45) is -6.00. The van der Waals surface area contributed by atoms with Gasteiger partial charge >= 0.3 is 6.18 Å². The van der Waals surface area contributed by atoms with Gasteiger partial charge in [0.25, 0.3) is 0 Å². The highest BCUT2D eigenvalue weighted by Crippen LogP contribution is 2.34. The number of alkyl halides is 3. The maximum atomic E-state index is 13.1. The van der Waals surface area contributed by atoms with Crippen LogP contribution in [-0.4, -0.2) is 5.11 Å². The number of rotatable bonds is 2. The maximum absolute atomic E-state index is 13.1. The molecule has 0 aliphatic heterocycles. The molecule has 0 saturated heterocycles. The van der Waals surface area contributed by atoms with Gasteiger partial charge in [0.2, 0.25) is 0 Å². The third-order valence-electron chi connectivity index (χ3n) is 2.73. The second kappa shape index (κ2) is 5.01. The van der Waals surface area contributed by atoms with Crippen LogP contribution in [0.4, 0.5) is 17.6 Å². The molecule has 0 saturated carbocycles. The van der Waals surface area contributed by atoms with Gasteiger partial charge in [-0.2, -0.15) is 13.2 Å². The zero-order valence-corrected chi connectivity index (χ0v) is 9.66. The van der Waals surface area contributed by atoms with Crippen LogP contribution in [0.5, 0.6) is 0 Å². The fourth-order valence-electron chi connectivity index (χ4n) is 1.76. The smallest absolute Gasteiger partial charge is 0.384 e. The molecular formula is C14H10F4O. The first-order chi connectivity index (χ1) is 8.89. The number of benzene rings is 2. The summed E-state index contributed by atoms with van der Waals surface area (Å²) in [6, 6.07) is 10.7. The lowest BCUT2D eigenvalue weighted by Crippen LogP contribution is -2.10. The predicted molar refractivity (Wildman–Crippen MR) is 61.9 cm³/mol. The molecule has 2 aromatic rings. The summed E-state index contributed by atoms with van der Waals surface area (Å²) in [6.45, 7) is 0. The largest absolute Gasteiger partial charge is 0.419 e. The molecule has 1 unspecified atom stereocenters. The summed E-state index contributed by atoms with van der Waals surface area (Å²) >= 11 is 0. The number of hydrogen-bond acceptors (Lipinski definition) is 1. The minimum absolute atomic E-state index is 0.0000694. The molecule has 19 heavy (non-hydrogen) atoms. The molecule has 100 valence electrons. The lowest BCUT2D eigenvalue weighted by molar-refractivity contribution is -0.140. The van der Waals surface area contributed by atoms with E-state index in [0.29, 0.717) is 17.7 Å². The van der Waals surface area contributed by atoms with Crippen LogP contribution in [0.15, 0.2) is 48.5 Å². The molecule has 1 N–H and O–H groups in total. The Morgan fingerprint density at radius 2 is 1.53 bits per heavy atom. The minimum Gasteiger partial charge on any atom is -0.384 e. The highest BCUT2D eigenvalue weighted by atomic mass is 19.4. The maximum Gasteiger partial charge on any atom is 0.419 e. The lowest BCUT2D eigenvalue weighted by atomic mass is 9.99. The molecule has 5 heteroatoms. The van der Waals surface area contributed by atoms with E-state index in [9.17, 15) is 22.7 Å². The molecule has 0 aliphatic carbocycles. The Balaban J connectivity index is 2.42. The normalized spacial score (nSPS) is 13.3. The molecule has 0 aliphatic rings. The molecule has 0 spiro atoms. The van der Waals surface area contributed by atoms with Gasteiger partial charge in [0.1, 0.15) is 11.9 Å². The van der Waals surface area contributed by atoms with Gasteiger partial charge in [0, 0.05) is 0 Å². The van der Waals surface area contributed by atoms with Gasteiger partial charge in [0.15, 0.2) is 0 Å². The first-order valence-electron chi connectivity index (χ1n) is 5.49. The van der Waals surface area contributed by atoms with E-state index in [1.165, 1.54) is 0 Å². The number of halogens is 4. The summed E-state index contributed by atoms with van der Waals surface area (Å²) in [5.74, 6) is -1.35. The fourth-order valence-corrected chi connectivity index (χ4v) is 1.76. The number of aliphatic hydroxyl groups excluding tert-OH is 1. The van der Waals surface area contributed by atoms with E-state index in [1.54, 1.807) is 30.3 Å². The Morgan fingerprint density at radius 1 is 0.895 bits per heavy atom. The van der Waals surface area contributed by atoms with Gasteiger partial charge in [0.05, 0.1) is 5.56 Å². The Labute approximate surface area is 107 Å². The van der Waals surface area contributed by atoms with Crippen molar-refractivity contribution in [3.05, 3.63) is 71.0 Å². The van der Waals surface area contributed by atoms with Gasteiger partial charge in [-0.15, -0.1) is 0 Å². The van der Waals surface area contributed by atoms with Crippen molar-refractivity contribution in [3.8, 4) is 0 Å². The molecule has 1 nitrogen and oxygen atoms in total. The standard InChI is InChI=1S/C14H10F4O/c15-12-7-6-10(8-11(12)14(16,17)18)13(19)9-4-2-1-3-5-9/h1-8,13,19H. The summed E-state index contributed by atoms with van der Waals surface area (Å²) in [7, 11) is 0. The van der Waals surface area contributed by atoms with Crippen LogP contribution < -0.4 is 0 Å². The van der Waals surface area contributed by atoms with Crippen molar-refractivity contribution in [2.24, 2.45) is 0 Å². The Morgan fingerprint density at radius 3 is 2.11 bits per heavy atom. The third-order valence-corrected chi connectivity index (χ3v) is 2.73. The summed E-state index contributed by atoms with van der Waals surface area (Å²) in [5.41, 5.74) is -0.929. The average molecular weight is 270 g/mol. The highest BCUT2D eigenvalue weighted by Gasteiger charge is 2.34. The van der Waals surface area contributed by atoms with Crippen LogP contribution in [0, 0.1) is 5.82 Å². The minimum atomic E-state index is -4.78. The van der Waals surface area contributed by atoms with Crippen molar-refractivity contribution in [3.63, 3.8) is 0 Å². The van der Waals surface area contributed by atoms with E-state index >= 15 is 0 Å². The average Bonchev–Trinajstić information content (AvgIpc) is 2.38. The van der Waals surface area contributed by atoms with Crippen molar-refractivity contribution in [1.82, 2.24) is 0 Å². The fraction of sp³-hybridized carbons (Fsp3) is 0.143. The van der Waals surface area contributed by atoms with Crippen LogP contribution in [0.1, 0.15) is 22.8 Å². The lowest BCUT2D eigenvalue weighted by Gasteiger charge is -2.14. The summed E-state index contributed by atoms with van der Waals surface area (Å²) in [4.78, 5) is 0. The molecule has 0 aromatic heterocycles. The molecule has 0 bridgehead atoms. The first kappa shape index (κ1) is 13.5. The van der Waals surface area contributed by atoms with Crippen LogP contribution >= 0.6 is 0 Å². The molecule has 1 atom stereocenters. The number of hydrogen-bond donors (Lipinski definition) is 1. The van der Waals surface area contributed by atoms with Gasteiger partial charge in [-0.1, -0.05) is 36.4 Å². The molecule has 0 heterocycles. The van der Waals surface area contributed by atoms with Crippen molar-refractivity contribution >= 4 is 0 Å². The Kier molecular flexibility index (Phi) is 3.57. The van der Waals surface area contributed by atoms with Gasteiger partial charge < -0.3 is 5.11 Å². The van der Waals surface area contributed by atoms with E-state index < -0.39 is 23.7 Å². The van der Waals surface area contributed by atoms with E-state index in [-0.39, 0.29) is 5.56 Å². The van der Waals surface area contributed by atoms with E-state index in [4.69, 9.17) is 0 Å². The number of aliphatic hydroxyl groups is 1. The van der Waals surface area contributed by atoms with Crippen molar-refractivity contribution in [2.45, 2.75) is 12.3 Å². The quantitative estimate of drug-likeness (QED) is 0.820. The summed E-state index contributed by atoms with van der Waals surface area (Å²) < 4.78 is 50.8. The van der Waals surface area contributed by atoms with Gasteiger partial charge in [-0.25, -0.2) is 4.39 Å². The highest BCUT2D eigenvalue weighted by molar-refractivity contribution is 5.34. The second-order valence-corrected chi connectivity index (χ2v) is 4.05. The predicted octanol–water partition coefficient (Wildman–Crippen LogP) is 3.93. The van der Waals surface area contributed by atoms with Crippen molar-refractivity contribution in [2.75, 3.05) is 0 Å². The first-order valence-corrected chi connectivity index (χ1v) is 5.49. The van der Waals surface area contributed by atoms with Gasteiger partial charge in [-0.3, -0.25) is 0 Å². The molecule has 0 radical (unpaired) electrons. The van der Waals surface area contributed by atoms with E-state index in [2.05, 4.69) is 0 Å². The molecule has 2 rings (SSSR count). The van der Waals surface area contributed by atoms with Gasteiger partial charge in [-0.05, 0) is 23.3 Å². The molecule has 2 aromatic carbocycles. The third kappa shape index (κ3) is 2.93. The molecular weight excluding hydrogens is 260 g/mol. The van der Waals surface area contributed by atoms with Crippen LogP contribution in [0.25, 0.3) is 0 Å². The SMILES string of the molecule is OC(c1ccccc1)c1ccc(F)c(C(F)(F)F)c1. The second-order valence-electron chi connectivity index (χ2n) is 4.05. The van der Waals surface area contributed by atoms with Crippen LogP contribution in [0.3, 0.4) is 0 Å². The van der Waals surface area contributed by atoms with Crippen molar-refractivity contribution < 1.29 is 22.7 Å².